The van der Waals surface area contributed by atoms with Crippen molar-refractivity contribution >= 4 is 11.8 Å². The van der Waals surface area contributed by atoms with Crippen LogP contribution in [0.2, 0.25) is 0 Å². The number of piperidine rings is 1. The van der Waals surface area contributed by atoms with Gasteiger partial charge in [0.05, 0.1) is 6.54 Å². The normalized spacial score (nSPS) is 16.8. The summed E-state index contributed by atoms with van der Waals surface area (Å²) < 4.78 is 7.60. The summed E-state index contributed by atoms with van der Waals surface area (Å²) in [5.41, 5.74) is 0.657. The second-order valence-electron chi connectivity index (χ2n) is 6.84. The number of nitrogens with zero attached hydrogens (tertiary/aromatic N) is 3. The average Bonchev–Trinajstić information content (AvgIpc) is 3.11. The molecule has 1 aliphatic heterocycles. The highest BCUT2D eigenvalue weighted by Gasteiger charge is 2.27. The number of ether oxygens (including phenoxy) is 1. The van der Waals surface area contributed by atoms with E-state index < -0.39 is 0 Å². The highest BCUT2D eigenvalue weighted by atomic mass is 16.5. The number of likely N-dealkylation sites (tertiary alicyclic amines) is 1. The van der Waals surface area contributed by atoms with Crippen molar-refractivity contribution in [2.45, 2.75) is 25.7 Å². The lowest BCUT2D eigenvalue weighted by molar-refractivity contribution is -0.119. The molecule has 3 rings (SSSR count). The van der Waals surface area contributed by atoms with E-state index in [0.717, 1.165) is 25.2 Å². The quantitative estimate of drug-likeness (QED) is 0.789. The number of amides is 2. The van der Waals surface area contributed by atoms with Crippen molar-refractivity contribution in [2.24, 2.45) is 7.05 Å². The van der Waals surface area contributed by atoms with Gasteiger partial charge in [0.15, 0.2) is 0 Å². The van der Waals surface area contributed by atoms with Gasteiger partial charge in [0.25, 0.3) is 5.91 Å². The van der Waals surface area contributed by atoms with Crippen LogP contribution in [-0.4, -0.2) is 52.5 Å². The Labute approximate surface area is 159 Å². The van der Waals surface area contributed by atoms with E-state index in [4.69, 9.17) is 4.74 Å². The summed E-state index contributed by atoms with van der Waals surface area (Å²) in [6.07, 6.45) is 5.78. The molecule has 1 fully saturated rings. The van der Waals surface area contributed by atoms with Crippen LogP contribution < -0.4 is 10.1 Å². The summed E-state index contributed by atoms with van der Waals surface area (Å²) in [5, 5.41) is 2.68. The molecule has 7 nitrogen and oxygen atoms in total. The van der Waals surface area contributed by atoms with E-state index >= 15 is 0 Å². The number of imidazole rings is 1. The molecule has 1 aromatic heterocycles. The molecule has 144 valence electrons. The Morgan fingerprint density at radius 2 is 2.07 bits per heavy atom. The topological polar surface area (TPSA) is 76.5 Å². The number of aryl methyl sites for hydroxylation is 1. The van der Waals surface area contributed by atoms with E-state index in [0.29, 0.717) is 31.0 Å². The minimum Gasteiger partial charge on any atom is -0.492 e. The van der Waals surface area contributed by atoms with E-state index in [-0.39, 0.29) is 17.7 Å². The van der Waals surface area contributed by atoms with Crippen molar-refractivity contribution in [3.63, 3.8) is 0 Å². The molecule has 0 bridgehead atoms. The lowest BCUT2D eigenvalue weighted by atomic mass is 9.96. The minimum atomic E-state index is -0.0788. The molecule has 2 aromatic rings. The fraction of sp³-hybridized carbons (Fsp3) is 0.450. The van der Waals surface area contributed by atoms with Gasteiger partial charge in [0.2, 0.25) is 5.91 Å². The molecule has 0 aliphatic carbocycles. The SMILES string of the molecule is CC(=O)NCCOc1ccc(C(=O)N2CCCC(c3nccn3C)C2)cc1. The van der Waals surface area contributed by atoms with E-state index in [2.05, 4.69) is 10.3 Å². The van der Waals surface area contributed by atoms with Crippen LogP contribution in [0.5, 0.6) is 5.75 Å². The third-order valence-electron chi connectivity index (χ3n) is 4.78. The smallest absolute Gasteiger partial charge is 0.253 e. The lowest BCUT2D eigenvalue weighted by Crippen LogP contribution is -2.39. The van der Waals surface area contributed by atoms with Gasteiger partial charge in [0, 0.05) is 50.9 Å². The number of aromatic nitrogens is 2. The molecule has 2 amide bonds. The van der Waals surface area contributed by atoms with Crippen LogP contribution in [0.25, 0.3) is 0 Å². The van der Waals surface area contributed by atoms with Crippen LogP contribution in [0.3, 0.4) is 0 Å². The zero-order valence-corrected chi connectivity index (χ0v) is 15.9. The second kappa shape index (κ2) is 8.70. The summed E-state index contributed by atoms with van der Waals surface area (Å²) in [4.78, 5) is 30.0. The van der Waals surface area contributed by atoms with Crippen molar-refractivity contribution < 1.29 is 14.3 Å². The van der Waals surface area contributed by atoms with E-state index in [9.17, 15) is 9.59 Å². The van der Waals surface area contributed by atoms with Crippen LogP contribution in [0.1, 0.15) is 41.9 Å². The third kappa shape index (κ3) is 4.87. The van der Waals surface area contributed by atoms with Crippen LogP contribution in [0, 0.1) is 0 Å². The fourth-order valence-electron chi connectivity index (χ4n) is 3.42. The van der Waals surface area contributed by atoms with Crippen LogP contribution in [-0.2, 0) is 11.8 Å². The van der Waals surface area contributed by atoms with E-state index in [1.165, 1.54) is 6.92 Å². The van der Waals surface area contributed by atoms with Crippen molar-refractivity contribution in [1.29, 1.82) is 0 Å². The molecule has 1 atom stereocenters. The van der Waals surface area contributed by atoms with E-state index in [1.54, 1.807) is 30.5 Å². The van der Waals surface area contributed by atoms with Gasteiger partial charge in [-0.25, -0.2) is 4.98 Å². The molecule has 0 saturated carbocycles. The second-order valence-corrected chi connectivity index (χ2v) is 6.84. The lowest BCUT2D eigenvalue weighted by Gasteiger charge is -2.32. The van der Waals surface area contributed by atoms with Gasteiger partial charge in [0.1, 0.15) is 18.2 Å². The standard InChI is InChI=1S/C20H26N4O3/c1-15(25)21-10-13-27-18-7-5-16(6-8-18)20(26)24-11-3-4-17(14-24)19-22-9-12-23(19)2/h5-9,12,17H,3-4,10-11,13-14H2,1-2H3,(H,21,25). The number of rotatable bonds is 6. The Hall–Kier alpha value is -2.83. The third-order valence-corrected chi connectivity index (χ3v) is 4.78. The fourth-order valence-corrected chi connectivity index (χ4v) is 3.42. The summed E-state index contributed by atoms with van der Waals surface area (Å²) >= 11 is 0. The first-order valence-corrected chi connectivity index (χ1v) is 9.28. The molecule has 1 aliphatic rings. The Morgan fingerprint density at radius 1 is 1.30 bits per heavy atom. The molecule has 7 heteroatoms. The average molecular weight is 370 g/mol. The summed E-state index contributed by atoms with van der Waals surface area (Å²) in [6.45, 7) is 3.79. The van der Waals surface area contributed by atoms with Gasteiger partial charge in [-0.2, -0.15) is 0 Å². The summed E-state index contributed by atoms with van der Waals surface area (Å²) in [5.74, 6) is 1.96. The largest absolute Gasteiger partial charge is 0.492 e. The highest BCUT2D eigenvalue weighted by Crippen LogP contribution is 2.26. The van der Waals surface area contributed by atoms with Crippen molar-refractivity contribution in [3.05, 3.63) is 48.0 Å². The molecule has 1 unspecified atom stereocenters. The first-order valence-electron chi connectivity index (χ1n) is 9.28. The summed E-state index contributed by atoms with van der Waals surface area (Å²) in [7, 11) is 1.99. The monoisotopic (exact) mass is 370 g/mol. The molecular weight excluding hydrogens is 344 g/mol. The highest BCUT2D eigenvalue weighted by molar-refractivity contribution is 5.94. The Bertz CT molecular complexity index is 785. The van der Waals surface area contributed by atoms with Crippen LogP contribution >= 0.6 is 0 Å². The summed E-state index contributed by atoms with van der Waals surface area (Å²) in [6, 6.07) is 7.17. The maximum atomic E-state index is 12.9. The molecule has 1 aromatic carbocycles. The Kier molecular flexibility index (Phi) is 6.11. The molecule has 1 N–H and O–H groups in total. The number of hydrogen-bond acceptors (Lipinski definition) is 4. The zero-order valence-electron chi connectivity index (χ0n) is 15.9. The minimum absolute atomic E-state index is 0.0405. The van der Waals surface area contributed by atoms with Gasteiger partial charge < -0.3 is 19.5 Å². The molecule has 2 heterocycles. The number of hydrogen-bond donors (Lipinski definition) is 1. The maximum absolute atomic E-state index is 12.9. The Morgan fingerprint density at radius 3 is 2.74 bits per heavy atom. The maximum Gasteiger partial charge on any atom is 0.253 e. The molecule has 27 heavy (non-hydrogen) atoms. The van der Waals surface area contributed by atoms with Crippen molar-refractivity contribution in [2.75, 3.05) is 26.2 Å². The molecule has 0 spiro atoms. The van der Waals surface area contributed by atoms with E-state index in [1.807, 2.05) is 22.7 Å². The van der Waals surface area contributed by atoms with Gasteiger partial charge in [-0.1, -0.05) is 0 Å². The first kappa shape index (κ1) is 18.9. The number of nitrogens with one attached hydrogen (secondary N) is 1. The van der Waals surface area contributed by atoms with Crippen molar-refractivity contribution in [1.82, 2.24) is 19.8 Å². The van der Waals surface area contributed by atoms with Crippen LogP contribution in [0.4, 0.5) is 0 Å². The number of benzene rings is 1. The molecular formula is C20H26N4O3. The van der Waals surface area contributed by atoms with Gasteiger partial charge >= 0.3 is 0 Å². The molecule has 1 saturated heterocycles. The predicted molar refractivity (Wildman–Crippen MR) is 102 cm³/mol. The van der Waals surface area contributed by atoms with Crippen molar-refractivity contribution in [3.8, 4) is 5.75 Å². The van der Waals surface area contributed by atoms with Crippen LogP contribution in [0.15, 0.2) is 36.7 Å². The first-order chi connectivity index (χ1) is 13.0. The number of carbonyl (C=O) groups is 2. The van der Waals surface area contributed by atoms with Gasteiger partial charge in [-0.15, -0.1) is 0 Å². The molecule has 0 radical (unpaired) electrons. The zero-order chi connectivity index (χ0) is 19.2. The van der Waals surface area contributed by atoms with Gasteiger partial charge in [-0.3, -0.25) is 9.59 Å². The predicted octanol–water partition coefficient (Wildman–Crippen LogP) is 1.95. The number of carbonyl (C=O) groups excluding carboxylic acids is 2. The van der Waals surface area contributed by atoms with Gasteiger partial charge in [-0.05, 0) is 37.1 Å². The Balaban J connectivity index is 1.57.